The summed E-state index contributed by atoms with van der Waals surface area (Å²) in [4.78, 5) is 32.2. The fourth-order valence-corrected chi connectivity index (χ4v) is 3.20. The van der Waals surface area contributed by atoms with Crippen molar-refractivity contribution in [2.75, 3.05) is 27.2 Å². The van der Waals surface area contributed by atoms with E-state index >= 15 is 0 Å². The van der Waals surface area contributed by atoms with Crippen LogP contribution in [0.4, 0.5) is 0 Å². The van der Waals surface area contributed by atoms with Crippen LogP contribution in [-0.4, -0.2) is 53.8 Å². The van der Waals surface area contributed by atoms with Crippen molar-refractivity contribution in [3.8, 4) is 0 Å². The molecule has 0 atom stereocenters. The van der Waals surface area contributed by atoms with Gasteiger partial charge in [0.1, 0.15) is 0 Å². The number of hydrogen-bond acceptors (Lipinski definition) is 3. The predicted octanol–water partition coefficient (Wildman–Crippen LogP) is 2.88. The standard InChI is InChI=1S/C21H27N3O2/c1-23(20(25)13-16-4-3-5-16)10-11-24(2)21(26)14-17-6-7-19-15-22-9-8-18(19)12-17/h6-9,12,15-16H,3-5,10-11,13-14H2,1-2H3. The van der Waals surface area contributed by atoms with Crippen molar-refractivity contribution < 1.29 is 9.59 Å². The van der Waals surface area contributed by atoms with E-state index in [1.165, 1.54) is 19.3 Å². The quantitative estimate of drug-likeness (QED) is 0.769. The minimum absolute atomic E-state index is 0.0678. The first-order chi connectivity index (χ1) is 12.5. The van der Waals surface area contributed by atoms with Gasteiger partial charge in [0.05, 0.1) is 6.42 Å². The van der Waals surface area contributed by atoms with E-state index in [1.54, 1.807) is 23.0 Å². The highest BCUT2D eigenvalue weighted by Crippen LogP contribution is 2.29. The van der Waals surface area contributed by atoms with Gasteiger partial charge in [0.15, 0.2) is 0 Å². The number of pyridine rings is 1. The van der Waals surface area contributed by atoms with Gasteiger partial charge in [0.2, 0.25) is 11.8 Å². The summed E-state index contributed by atoms with van der Waals surface area (Å²) >= 11 is 0. The Balaban J connectivity index is 1.48. The summed E-state index contributed by atoms with van der Waals surface area (Å²) in [5.74, 6) is 0.837. The number of rotatable bonds is 7. The summed E-state index contributed by atoms with van der Waals surface area (Å²) in [6.45, 7) is 1.14. The molecule has 0 unspecified atom stereocenters. The molecule has 2 amide bonds. The van der Waals surface area contributed by atoms with Gasteiger partial charge >= 0.3 is 0 Å². The topological polar surface area (TPSA) is 53.5 Å². The zero-order valence-electron chi connectivity index (χ0n) is 15.6. The zero-order valence-corrected chi connectivity index (χ0v) is 15.6. The number of nitrogens with zero attached hydrogens (tertiary/aromatic N) is 3. The molecule has 1 saturated carbocycles. The maximum Gasteiger partial charge on any atom is 0.226 e. The monoisotopic (exact) mass is 353 g/mol. The number of amides is 2. The van der Waals surface area contributed by atoms with E-state index in [1.807, 2.05) is 37.5 Å². The molecule has 1 heterocycles. The van der Waals surface area contributed by atoms with Crippen molar-refractivity contribution in [2.45, 2.75) is 32.1 Å². The van der Waals surface area contributed by atoms with Crippen LogP contribution in [0.25, 0.3) is 10.8 Å². The molecule has 3 rings (SSSR count). The highest BCUT2D eigenvalue weighted by Gasteiger charge is 2.22. The van der Waals surface area contributed by atoms with Crippen molar-refractivity contribution in [3.63, 3.8) is 0 Å². The van der Waals surface area contributed by atoms with Crippen LogP contribution in [0.1, 0.15) is 31.2 Å². The first kappa shape index (κ1) is 18.4. The average molecular weight is 353 g/mol. The van der Waals surface area contributed by atoms with Crippen LogP contribution < -0.4 is 0 Å². The number of aromatic nitrogens is 1. The number of benzene rings is 1. The number of fused-ring (bicyclic) bond motifs is 1. The van der Waals surface area contributed by atoms with Gasteiger partial charge in [0.25, 0.3) is 0 Å². The molecule has 1 aromatic heterocycles. The Labute approximate surface area is 155 Å². The van der Waals surface area contributed by atoms with E-state index in [4.69, 9.17) is 0 Å². The van der Waals surface area contributed by atoms with E-state index in [0.717, 1.165) is 16.3 Å². The third-order valence-electron chi connectivity index (χ3n) is 5.37. The number of carbonyl (C=O) groups is 2. The average Bonchev–Trinajstić information content (AvgIpc) is 2.62. The highest BCUT2D eigenvalue weighted by molar-refractivity contribution is 5.84. The first-order valence-electron chi connectivity index (χ1n) is 9.33. The molecule has 5 heteroatoms. The molecule has 2 aromatic rings. The van der Waals surface area contributed by atoms with Gasteiger partial charge in [-0.25, -0.2) is 0 Å². The molecule has 26 heavy (non-hydrogen) atoms. The van der Waals surface area contributed by atoms with Crippen LogP contribution in [0, 0.1) is 5.92 Å². The molecule has 0 bridgehead atoms. The lowest BCUT2D eigenvalue weighted by Crippen LogP contribution is -2.38. The Bertz CT molecular complexity index is 786. The summed E-state index contributed by atoms with van der Waals surface area (Å²) in [6.07, 6.45) is 8.22. The van der Waals surface area contributed by atoms with Crippen LogP contribution in [-0.2, 0) is 16.0 Å². The maximum absolute atomic E-state index is 12.5. The summed E-state index contributed by atoms with van der Waals surface area (Å²) in [6, 6.07) is 7.97. The predicted molar refractivity (Wildman–Crippen MR) is 103 cm³/mol. The molecule has 0 spiro atoms. The molecule has 0 saturated heterocycles. The van der Waals surface area contributed by atoms with Crippen molar-refractivity contribution in [1.29, 1.82) is 0 Å². The van der Waals surface area contributed by atoms with Crippen LogP contribution in [0.15, 0.2) is 36.7 Å². The molecule has 1 aliphatic rings. The molecular weight excluding hydrogens is 326 g/mol. The molecular formula is C21H27N3O2. The third kappa shape index (κ3) is 4.59. The lowest BCUT2D eigenvalue weighted by molar-refractivity contribution is -0.134. The summed E-state index contributed by atoms with van der Waals surface area (Å²) in [7, 11) is 3.63. The van der Waals surface area contributed by atoms with Crippen LogP contribution in [0.2, 0.25) is 0 Å². The van der Waals surface area contributed by atoms with Crippen molar-refractivity contribution in [3.05, 3.63) is 42.2 Å². The maximum atomic E-state index is 12.5. The molecule has 0 aliphatic heterocycles. The zero-order chi connectivity index (χ0) is 18.5. The number of carbonyl (C=O) groups excluding carboxylic acids is 2. The van der Waals surface area contributed by atoms with Gasteiger partial charge in [-0.2, -0.15) is 0 Å². The van der Waals surface area contributed by atoms with Gasteiger partial charge < -0.3 is 9.80 Å². The molecule has 138 valence electrons. The lowest BCUT2D eigenvalue weighted by atomic mass is 9.83. The Hall–Kier alpha value is -2.43. The molecule has 0 N–H and O–H groups in total. The minimum atomic E-state index is 0.0678. The molecule has 1 fully saturated rings. The van der Waals surface area contributed by atoms with E-state index in [2.05, 4.69) is 4.98 Å². The summed E-state index contributed by atoms with van der Waals surface area (Å²) < 4.78 is 0. The third-order valence-corrected chi connectivity index (χ3v) is 5.37. The second-order valence-electron chi connectivity index (χ2n) is 7.37. The first-order valence-corrected chi connectivity index (χ1v) is 9.33. The fraction of sp³-hybridized carbons (Fsp3) is 0.476. The fourth-order valence-electron chi connectivity index (χ4n) is 3.20. The summed E-state index contributed by atoms with van der Waals surface area (Å²) in [5.41, 5.74) is 0.995. The number of hydrogen-bond donors (Lipinski definition) is 0. The van der Waals surface area contributed by atoms with Gasteiger partial charge in [-0.05, 0) is 35.8 Å². The normalized spacial score (nSPS) is 14.1. The summed E-state index contributed by atoms with van der Waals surface area (Å²) in [5, 5.41) is 2.16. The SMILES string of the molecule is CN(CCN(C)C(=O)CC1CCC1)C(=O)Cc1ccc2cnccc2c1. The molecule has 0 radical (unpaired) electrons. The van der Waals surface area contributed by atoms with E-state index in [9.17, 15) is 9.59 Å². The second-order valence-corrected chi connectivity index (χ2v) is 7.37. The molecule has 1 aromatic carbocycles. The molecule has 5 nitrogen and oxygen atoms in total. The van der Waals surface area contributed by atoms with E-state index in [-0.39, 0.29) is 11.8 Å². The van der Waals surface area contributed by atoms with Crippen LogP contribution in [0.3, 0.4) is 0 Å². The smallest absolute Gasteiger partial charge is 0.226 e. The Morgan fingerprint density at radius 1 is 1.04 bits per heavy atom. The van der Waals surface area contributed by atoms with Gasteiger partial charge in [0, 0.05) is 51.4 Å². The van der Waals surface area contributed by atoms with Gasteiger partial charge in [-0.15, -0.1) is 0 Å². The largest absolute Gasteiger partial charge is 0.344 e. The minimum Gasteiger partial charge on any atom is -0.344 e. The van der Waals surface area contributed by atoms with Crippen LogP contribution >= 0.6 is 0 Å². The van der Waals surface area contributed by atoms with Crippen molar-refractivity contribution in [2.24, 2.45) is 5.92 Å². The number of likely N-dealkylation sites (N-methyl/N-ethyl adjacent to an activating group) is 2. The van der Waals surface area contributed by atoms with Gasteiger partial charge in [-0.3, -0.25) is 14.6 Å². The highest BCUT2D eigenvalue weighted by atomic mass is 16.2. The van der Waals surface area contributed by atoms with Crippen LogP contribution in [0.5, 0.6) is 0 Å². The van der Waals surface area contributed by atoms with E-state index < -0.39 is 0 Å². The molecule has 1 aliphatic carbocycles. The second kappa shape index (κ2) is 8.30. The lowest BCUT2D eigenvalue weighted by Gasteiger charge is -2.28. The Kier molecular flexibility index (Phi) is 5.86. The van der Waals surface area contributed by atoms with Crippen molar-refractivity contribution >= 4 is 22.6 Å². The Morgan fingerprint density at radius 3 is 2.46 bits per heavy atom. The van der Waals surface area contributed by atoms with Gasteiger partial charge in [-0.1, -0.05) is 24.6 Å². The van der Waals surface area contributed by atoms with Crippen molar-refractivity contribution in [1.82, 2.24) is 14.8 Å². The Morgan fingerprint density at radius 2 is 1.77 bits per heavy atom. The van der Waals surface area contributed by atoms with E-state index in [0.29, 0.717) is 31.8 Å².